The van der Waals surface area contributed by atoms with Crippen molar-refractivity contribution < 1.29 is 14.1 Å². The molecule has 10 heteroatoms. The average molecular weight is 548 g/mol. The van der Waals surface area contributed by atoms with E-state index in [4.69, 9.17) is 21.0 Å². The molecule has 2 aromatic carbocycles. The van der Waals surface area contributed by atoms with Gasteiger partial charge in [0.15, 0.2) is 5.76 Å². The number of rotatable bonds is 8. The number of nitrogens with one attached hydrogen (secondary N) is 2. The molecule has 2 heterocycles. The second kappa shape index (κ2) is 11.3. The van der Waals surface area contributed by atoms with E-state index < -0.39 is 4.92 Å². The van der Waals surface area contributed by atoms with E-state index in [2.05, 4.69) is 27.7 Å². The number of pyridine rings is 1. The van der Waals surface area contributed by atoms with Gasteiger partial charge in [-0.2, -0.15) is 0 Å². The molecule has 4 aromatic rings. The van der Waals surface area contributed by atoms with E-state index in [1.165, 1.54) is 18.2 Å². The van der Waals surface area contributed by atoms with Crippen LogP contribution in [0, 0.1) is 16.0 Å². The third-order valence-electron chi connectivity index (χ3n) is 7.18. The van der Waals surface area contributed by atoms with E-state index in [9.17, 15) is 14.9 Å². The Kier molecular flexibility index (Phi) is 7.70. The number of carbonyl (C=O) groups is 1. The first-order valence-corrected chi connectivity index (χ1v) is 13.3. The topological polar surface area (TPSA) is 114 Å². The SMILES string of the molecule is CN(C)c1cc(N[C@H]2CC[C@@H](CNC(=O)c3ccc(-c4ccc(Cl)cc4[N+](=O)[O-])o3)CC2)nc2ccccc12. The van der Waals surface area contributed by atoms with Crippen LogP contribution in [0.5, 0.6) is 0 Å². The molecule has 9 nitrogen and oxygen atoms in total. The van der Waals surface area contributed by atoms with E-state index >= 15 is 0 Å². The molecule has 1 fully saturated rings. The zero-order chi connectivity index (χ0) is 27.5. The lowest BCUT2D eigenvalue weighted by atomic mass is 9.86. The smallest absolute Gasteiger partial charge is 0.287 e. The first-order chi connectivity index (χ1) is 18.8. The number of hydrogen-bond acceptors (Lipinski definition) is 7. The highest BCUT2D eigenvalue weighted by molar-refractivity contribution is 6.30. The van der Waals surface area contributed by atoms with Crippen LogP contribution < -0.4 is 15.5 Å². The maximum atomic E-state index is 12.7. The van der Waals surface area contributed by atoms with Gasteiger partial charge in [-0.1, -0.05) is 29.8 Å². The second-order valence-electron chi connectivity index (χ2n) is 10.1. The molecule has 2 N–H and O–H groups in total. The number of nitrogens with zero attached hydrogens (tertiary/aromatic N) is 3. The van der Waals surface area contributed by atoms with E-state index in [-0.39, 0.29) is 33.7 Å². The van der Waals surface area contributed by atoms with Crippen molar-refractivity contribution >= 4 is 45.6 Å². The van der Waals surface area contributed by atoms with Gasteiger partial charge < -0.3 is 20.0 Å². The number of carbonyl (C=O) groups excluding carboxylic acids is 1. The number of halogens is 1. The number of fused-ring (bicyclic) bond motifs is 1. The first kappa shape index (κ1) is 26.5. The molecule has 1 aliphatic rings. The molecule has 0 saturated heterocycles. The van der Waals surface area contributed by atoms with E-state index in [0.29, 0.717) is 18.5 Å². The minimum atomic E-state index is -0.522. The monoisotopic (exact) mass is 547 g/mol. The highest BCUT2D eigenvalue weighted by atomic mass is 35.5. The normalized spacial score (nSPS) is 17.1. The number of hydrogen-bond donors (Lipinski definition) is 2. The number of benzene rings is 2. The summed E-state index contributed by atoms with van der Waals surface area (Å²) in [6.07, 6.45) is 3.92. The van der Waals surface area contributed by atoms with Crippen molar-refractivity contribution in [3.63, 3.8) is 0 Å². The van der Waals surface area contributed by atoms with Gasteiger partial charge in [-0.05, 0) is 61.9 Å². The third kappa shape index (κ3) is 5.98. The summed E-state index contributed by atoms with van der Waals surface area (Å²) in [6, 6.07) is 18.0. The molecule has 0 unspecified atom stereocenters. The zero-order valence-electron chi connectivity index (χ0n) is 21.8. The van der Waals surface area contributed by atoms with Gasteiger partial charge in [-0.15, -0.1) is 0 Å². The number of amides is 1. The zero-order valence-corrected chi connectivity index (χ0v) is 22.6. The van der Waals surface area contributed by atoms with Crippen LogP contribution >= 0.6 is 11.6 Å². The van der Waals surface area contributed by atoms with Crippen LogP contribution in [-0.2, 0) is 0 Å². The lowest BCUT2D eigenvalue weighted by molar-refractivity contribution is -0.384. The van der Waals surface area contributed by atoms with Gasteiger partial charge in [0.25, 0.3) is 11.6 Å². The van der Waals surface area contributed by atoms with Crippen LogP contribution in [-0.4, -0.2) is 42.5 Å². The Hall–Kier alpha value is -4.11. The van der Waals surface area contributed by atoms with E-state index in [1.807, 2.05) is 32.3 Å². The van der Waals surface area contributed by atoms with Crippen LogP contribution in [0.1, 0.15) is 36.2 Å². The lowest BCUT2D eigenvalue weighted by Crippen LogP contribution is -2.34. The Morgan fingerprint density at radius 1 is 1.10 bits per heavy atom. The van der Waals surface area contributed by atoms with Crippen LogP contribution in [0.3, 0.4) is 0 Å². The summed E-state index contributed by atoms with van der Waals surface area (Å²) >= 11 is 5.90. The summed E-state index contributed by atoms with van der Waals surface area (Å²) in [5.41, 5.74) is 2.19. The molecule has 202 valence electrons. The predicted molar refractivity (Wildman–Crippen MR) is 154 cm³/mol. The molecule has 0 bridgehead atoms. The van der Waals surface area contributed by atoms with Crippen LogP contribution in [0.4, 0.5) is 17.2 Å². The molecule has 1 amide bonds. The van der Waals surface area contributed by atoms with Crippen molar-refractivity contribution in [3.8, 4) is 11.3 Å². The fourth-order valence-corrected chi connectivity index (χ4v) is 5.28. The summed E-state index contributed by atoms with van der Waals surface area (Å²) in [4.78, 5) is 30.5. The molecular weight excluding hydrogens is 518 g/mol. The number of furan rings is 1. The van der Waals surface area contributed by atoms with Crippen LogP contribution in [0.15, 0.2) is 65.1 Å². The van der Waals surface area contributed by atoms with Gasteiger partial charge in [-0.3, -0.25) is 14.9 Å². The van der Waals surface area contributed by atoms with Crippen molar-refractivity contribution in [2.75, 3.05) is 30.9 Å². The van der Waals surface area contributed by atoms with E-state index in [0.717, 1.165) is 48.1 Å². The predicted octanol–water partition coefficient (Wildman–Crippen LogP) is 6.52. The second-order valence-corrected chi connectivity index (χ2v) is 10.5. The molecule has 1 aliphatic carbocycles. The van der Waals surface area contributed by atoms with Crippen molar-refractivity contribution in [2.45, 2.75) is 31.7 Å². The summed E-state index contributed by atoms with van der Waals surface area (Å²) < 4.78 is 5.66. The number of para-hydroxylation sites is 1. The Morgan fingerprint density at radius 3 is 2.62 bits per heavy atom. The van der Waals surface area contributed by atoms with Crippen LogP contribution in [0.25, 0.3) is 22.2 Å². The van der Waals surface area contributed by atoms with Gasteiger partial charge >= 0.3 is 0 Å². The maximum Gasteiger partial charge on any atom is 0.287 e. The van der Waals surface area contributed by atoms with Crippen molar-refractivity contribution in [1.29, 1.82) is 0 Å². The van der Waals surface area contributed by atoms with Gasteiger partial charge in [0.1, 0.15) is 11.6 Å². The summed E-state index contributed by atoms with van der Waals surface area (Å²) in [5.74, 6) is 1.26. The number of aromatic nitrogens is 1. The minimum absolute atomic E-state index is 0.115. The molecule has 0 aliphatic heterocycles. The molecule has 2 aromatic heterocycles. The molecule has 5 rings (SSSR count). The Labute approximate surface area is 231 Å². The van der Waals surface area contributed by atoms with Gasteiger partial charge in [0.05, 0.1) is 16.0 Å². The quantitative estimate of drug-likeness (QED) is 0.190. The summed E-state index contributed by atoms with van der Waals surface area (Å²) in [7, 11) is 4.08. The van der Waals surface area contributed by atoms with Crippen molar-refractivity contribution in [3.05, 3.63) is 81.6 Å². The fraction of sp³-hybridized carbons (Fsp3) is 0.310. The molecule has 1 saturated carbocycles. The standard InChI is InChI=1S/C29H30ClN5O4/c1-34(2)24-16-28(33-23-6-4-3-5-21(23)24)32-20-10-7-18(8-11-20)17-31-29(36)27-14-13-26(39-27)22-12-9-19(30)15-25(22)35(37)38/h3-6,9,12-16,18,20H,7-8,10-11,17H2,1-2H3,(H,31,36)(H,32,33)/t18-,20+. The minimum Gasteiger partial charge on any atom is -0.451 e. The lowest BCUT2D eigenvalue weighted by Gasteiger charge is -2.30. The van der Waals surface area contributed by atoms with Crippen molar-refractivity contribution in [2.24, 2.45) is 5.92 Å². The largest absolute Gasteiger partial charge is 0.451 e. The third-order valence-corrected chi connectivity index (χ3v) is 7.41. The summed E-state index contributed by atoms with van der Waals surface area (Å²) in [6.45, 7) is 0.543. The molecule has 39 heavy (non-hydrogen) atoms. The molecular formula is C29H30ClN5O4. The Balaban J connectivity index is 1.15. The van der Waals surface area contributed by atoms with Gasteiger partial charge in [0, 0.05) is 54.9 Å². The highest BCUT2D eigenvalue weighted by Crippen LogP contribution is 2.34. The molecule has 0 atom stereocenters. The number of nitro groups is 1. The van der Waals surface area contributed by atoms with Gasteiger partial charge in [-0.25, -0.2) is 4.98 Å². The first-order valence-electron chi connectivity index (χ1n) is 12.9. The fourth-order valence-electron chi connectivity index (χ4n) is 5.11. The average Bonchev–Trinajstić information content (AvgIpc) is 3.42. The Bertz CT molecular complexity index is 1510. The van der Waals surface area contributed by atoms with Crippen molar-refractivity contribution in [1.82, 2.24) is 10.3 Å². The molecule has 0 radical (unpaired) electrons. The number of nitro benzene ring substituents is 1. The Morgan fingerprint density at radius 2 is 1.87 bits per heavy atom. The van der Waals surface area contributed by atoms with Crippen LogP contribution in [0.2, 0.25) is 5.02 Å². The molecule has 0 spiro atoms. The van der Waals surface area contributed by atoms with Gasteiger partial charge in [0.2, 0.25) is 0 Å². The maximum absolute atomic E-state index is 12.7. The number of anilines is 2. The van der Waals surface area contributed by atoms with E-state index in [1.54, 1.807) is 12.1 Å². The highest BCUT2D eigenvalue weighted by Gasteiger charge is 2.24. The summed E-state index contributed by atoms with van der Waals surface area (Å²) in [5, 5.41) is 19.4.